The predicted molar refractivity (Wildman–Crippen MR) is 123 cm³/mol. The minimum absolute atomic E-state index is 0.235. The molecule has 2 nitrogen and oxygen atoms in total. The highest BCUT2D eigenvalue weighted by molar-refractivity contribution is 6.25. The van der Waals surface area contributed by atoms with Gasteiger partial charge in [0.25, 0.3) is 0 Å². The summed E-state index contributed by atoms with van der Waals surface area (Å²) in [5.41, 5.74) is 3.91. The van der Waals surface area contributed by atoms with Crippen LogP contribution in [0.5, 0.6) is 0 Å². The third-order valence-corrected chi connectivity index (χ3v) is 6.04. The van der Waals surface area contributed by atoms with Crippen molar-refractivity contribution in [1.29, 1.82) is 0 Å². The van der Waals surface area contributed by atoms with E-state index in [-0.39, 0.29) is 11.6 Å². The number of nitrogens with zero attached hydrogens (tertiary/aromatic N) is 2. The highest BCUT2D eigenvalue weighted by atomic mass is 19.1. The summed E-state index contributed by atoms with van der Waals surface area (Å²) in [6.07, 6.45) is 0. The Morgan fingerprint density at radius 2 is 0.800 bits per heavy atom. The number of fused-ring (bicyclic) bond motifs is 9. The fraction of sp³-hybridized carbons (Fsp3) is 0.154. The maximum Gasteiger partial charge on any atom is 0.125 e. The molecule has 0 amide bonds. The van der Waals surface area contributed by atoms with Crippen molar-refractivity contribution in [3.63, 3.8) is 0 Å². The van der Waals surface area contributed by atoms with E-state index in [1.54, 1.807) is 12.1 Å². The number of halogens is 2. The Hall–Kier alpha value is -3.40. The fourth-order valence-corrected chi connectivity index (χ4v) is 4.79. The van der Waals surface area contributed by atoms with Gasteiger partial charge in [-0.2, -0.15) is 0 Å². The molecule has 0 aliphatic carbocycles. The molecule has 2 heterocycles. The molecule has 0 aliphatic heterocycles. The van der Waals surface area contributed by atoms with Crippen molar-refractivity contribution < 1.29 is 8.78 Å². The molecule has 0 bridgehead atoms. The van der Waals surface area contributed by atoms with Crippen LogP contribution in [0.2, 0.25) is 0 Å². The number of benzene rings is 4. The molecule has 2 aromatic heterocycles. The maximum absolute atomic E-state index is 13.8. The van der Waals surface area contributed by atoms with E-state index >= 15 is 0 Å². The average Bonchev–Trinajstić information content (AvgIpc) is 3.21. The van der Waals surface area contributed by atoms with Crippen molar-refractivity contribution in [2.24, 2.45) is 14.1 Å². The van der Waals surface area contributed by atoms with E-state index in [0.29, 0.717) is 0 Å². The van der Waals surface area contributed by atoms with Crippen molar-refractivity contribution >= 4 is 54.4 Å². The lowest BCUT2D eigenvalue weighted by Gasteiger charge is -2.07. The molecule has 0 N–H and O–H groups in total. The summed E-state index contributed by atoms with van der Waals surface area (Å²) in [7, 11) is 3.95. The van der Waals surface area contributed by atoms with Gasteiger partial charge in [0.2, 0.25) is 0 Å². The first-order chi connectivity index (χ1) is 14.5. The minimum Gasteiger partial charge on any atom is -0.343 e. The molecule has 0 atom stereocenters. The second-order valence-corrected chi connectivity index (χ2v) is 7.46. The van der Waals surface area contributed by atoms with Crippen LogP contribution in [0.4, 0.5) is 8.78 Å². The standard InChI is InChI=1S/C24H16F2N2.C2H6/c1-27-21-11-13(25)3-5-15(21)17-7-10-20-19(23(17)27)9-8-18-16-6-4-14(26)12-22(16)28(2)24(18)20;1-2/h3-12H,1-2H3;1-2H3. The summed E-state index contributed by atoms with van der Waals surface area (Å²) in [6.45, 7) is 4.00. The molecule has 0 unspecified atom stereocenters. The average molecular weight is 400 g/mol. The van der Waals surface area contributed by atoms with Crippen LogP contribution in [0, 0.1) is 11.6 Å². The van der Waals surface area contributed by atoms with Crippen LogP contribution >= 0.6 is 0 Å². The molecule has 0 aliphatic rings. The smallest absolute Gasteiger partial charge is 0.125 e. The molecule has 4 heteroatoms. The van der Waals surface area contributed by atoms with Gasteiger partial charge in [0.1, 0.15) is 11.6 Å². The van der Waals surface area contributed by atoms with Gasteiger partial charge in [0, 0.05) is 46.4 Å². The van der Waals surface area contributed by atoms with Gasteiger partial charge in [0.15, 0.2) is 0 Å². The lowest BCUT2D eigenvalue weighted by atomic mass is 10.0. The highest BCUT2D eigenvalue weighted by Crippen LogP contribution is 2.39. The van der Waals surface area contributed by atoms with E-state index in [9.17, 15) is 8.78 Å². The first kappa shape index (κ1) is 18.6. The number of rotatable bonds is 0. The third kappa shape index (κ3) is 2.34. The zero-order valence-corrected chi connectivity index (χ0v) is 17.4. The van der Waals surface area contributed by atoms with Gasteiger partial charge in [-0.1, -0.05) is 38.1 Å². The van der Waals surface area contributed by atoms with Gasteiger partial charge in [-0.15, -0.1) is 0 Å². The summed E-state index contributed by atoms with van der Waals surface area (Å²) in [5.74, 6) is -0.471. The molecule has 4 aromatic carbocycles. The molecule has 6 rings (SSSR count). The Morgan fingerprint density at radius 1 is 0.500 bits per heavy atom. The van der Waals surface area contributed by atoms with E-state index in [2.05, 4.69) is 33.4 Å². The van der Waals surface area contributed by atoms with Crippen molar-refractivity contribution in [2.45, 2.75) is 13.8 Å². The second-order valence-electron chi connectivity index (χ2n) is 7.46. The van der Waals surface area contributed by atoms with Crippen LogP contribution in [-0.4, -0.2) is 9.13 Å². The normalized spacial score (nSPS) is 11.7. The molecule has 0 fully saturated rings. The van der Waals surface area contributed by atoms with E-state index in [1.165, 1.54) is 12.1 Å². The maximum atomic E-state index is 13.8. The van der Waals surface area contributed by atoms with Crippen molar-refractivity contribution in [2.75, 3.05) is 0 Å². The molecule has 150 valence electrons. The molecule has 0 radical (unpaired) electrons. The Morgan fingerprint density at radius 3 is 1.17 bits per heavy atom. The first-order valence-electron chi connectivity index (χ1n) is 10.2. The zero-order valence-electron chi connectivity index (χ0n) is 17.4. The summed E-state index contributed by atoms with van der Waals surface area (Å²) in [6, 6.07) is 18.3. The largest absolute Gasteiger partial charge is 0.343 e. The summed E-state index contributed by atoms with van der Waals surface area (Å²) in [4.78, 5) is 0. The highest BCUT2D eigenvalue weighted by Gasteiger charge is 2.16. The first-order valence-corrected chi connectivity index (χ1v) is 10.2. The molecule has 30 heavy (non-hydrogen) atoms. The van der Waals surface area contributed by atoms with Crippen molar-refractivity contribution in [3.8, 4) is 0 Å². The number of hydrogen-bond donors (Lipinski definition) is 0. The van der Waals surface area contributed by atoms with Gasteiger partial charge in [-0.3, -0.25) is 0 Å². The van der Waals surface area contributed by atoms with Gasteiger partial charge in [0.05, 0.1) is 22.1 Å². The Labute approximate surface area is 172 Å². The van der Waals surface area contributed by atoms with Crippen molar-refractivity contribution in [3.05, 3.63) is 72.3 Å². The number of aryl methyl sites for hydroxylation is 2. The molecule has 0 spiro atoms. The van der Waals surface area contributed by atoms with Crippen LogP contribution < -0.4 is 0 Å². The van der Waals surface area contributed by atoms with E-state index in [0.717, 1.165) is 54.4 Å². The van der Waals surface area contributed by atoms with E-state index < -0.39 is 0 Å². The zero-order chi connectivity index (χ0) is 21.2. The van der Waals surface area contributed by atoms with Gasteiger partial charge in [-0.25, -0.2) is 8.78 Å². The Bertz CT molecular complexity index is 1480. The monoisotopic (exact) mass is 400 g/mol. The molecular formula is C26H22F2N2. The van der Waals surface area contributed by atoms with Gasteiger partial charge in [-0.05, 0) is 36.4 Å². The molecule has 0 saturated heterocycles. The lowest BCUT2D eigenvalue weighted by molar-refractivity contribution is 0.628. The van der Waals surface area contributed by atoms with E-state index in [4.69, 9.17) is 0 Å². The number of aromatic nitrogens is 2. The SMILES string of the molecule is CC.Cn1c2cc(F)ccc2c2ccc3c(ccc4c5ccc(F)cc5n(C)c43)c21. The quantitative estimate of drug-likeness (QED) is 0.251. The van der Waals surface area contributed by atoms with Crippen LogP contribution in [0.15, 0.2) is 60.7 Å². The van der Waals surface area contributed by atoms with Crippen LogP contribution in [-0.2, 0) is 14.1 Å². The summed E-state index contributed by atoms with van der Waals surface area (Å²) >= 11 is 0. The van der Waals surface area contributed by atoms with Crippen LogP contribution in [0.1, 0.15) is 13.8 Å². The van der Waals surface area contributed by atoms with Crippen LogP contribution in [0.25, 0.3) is 54.4 Å². The van der Waals surface area contributed by atoms with Crippen molar-refractivity contribution in [1.82, 2.24) is 9.13 Å². The van der Waals surface area contributed by atoms with Crippen LogP contribution in [0.3, 0.4) is 0 Å². The Kier molecular flexibility index (Phi) is 4.07. The number of hydrogen-bond acceptors (Lipinski definition) is 0. The van der Waals surface area contributed by atoms with Gasteiger partial charge >= 0.3 is 0 Å². The third-order valence-electron chi connectivity index (χ3n) is 6.04. The second kappa shape index (κ2) is 6.56. The van der Waals surface area contributed by atoms with Gasteiger partial charge < -0.3 is 9.13 Å². The fourth-order valence-electron chi connectivity index (χ4n) is 4.79. The topological polar surface area (TPSA) is 9.86 Å². The molecule has 0 saturated carbocycles. The summed E-state index contributed by atoms with van der Waals surface area (Å²) in [5, 5.41) is 6.51. The predicted octanol–water partition coefficient (Wildman–Crippen LogP) is 7.43. The van der Waals surface area contributed by atoms with E-state index in [1.807, 2.05) is 40.1 Å². The Balaban J connectivity index is 0.000000937. The molecule has 6 aromatic rings. The molecular weight excluding hydrogens is 378 g/mol. The summed E-state index contributed by atoms with van der Waals surface area (Å²) < 4.78 is 31.8. The lowest BCUT2D eigenvalue weighted by Crippen LogP contribution is -1.91. The minimum atomic E-state index is -0.235.